The number of rotatable bonds is 4. The van der Waals surface area contributed by atoms with Crippen LogP contribution in [-0.2, 0) is 4.79 Å². The summed E-state index contributed by atoms with van der Waals surface area (Å²) in [5.74, 6) is 2.12. The Kier molecular flexibility index (Phi) is 6.43. The van der Waals surface area contributed by atoms with Crippen molar-refractivity contribution in [3.8, 4) is 11.3 Å². The van der Waals surface area contributed by atoms with E-state index in [0.717, 1.165) is 68.5 Å². The predicted octanol–water partition coefficient (Wildman–Crippen LogP) is 3.72. The molecule has 2 aliphatic heterocycles. The molecule has 2 aliphatic rings. The highest BCUT2D eigenvalue weighted by molar-refractivity contribution is 5.80. The van der Waals surface area contributed by atoms with Gasteiger partial charge < -0.3 is 14.7 Å². The number of pyridine rings is 1. The van der Waals surface area contributed by atoms with Gasteiger partial charge in [-0.3, -0.25) is 4.79 Å². The summed E-state index contributed by atoms with van der Waals surface area (Å²) >= 11 is 0. The van der Waals surface area contributed by atoms with Gasteiger partial charge in [0.25, 0.3) is 0 Å². The molecule has 0 saturated carbocycles. The van der Waals surface area contributed by atoms with Crippen molar-refractivity contribution in [3.05, 3.63) is 65.9 Å². The number of nitrogens with zero attached hydrogens (tertiary/aromatic N) is 6. The van der Waals surface area contributed by atoms with Gasteiger partial charge >= 0.3 is 0 Å². The maximum absolute atomic E-state index is 13.3. The lowest BCUT2D eigenvalue weighted by Gasteiger charge is -2.39. The van der Waals surface area contributed by atoms with E-state index in [4.69, 9.17) is 0 Å². The Morgan fingerprint density at radius 2 is 1.71 bits per heavy atom. The first kappa shape index (κ1) is 22.3. The molecule has 34 heavy (non-hydrogen) atoms. The van der Waals surface area contributed by atoms with Gasteiger partial charge in [0.2, 0.25) is 5.91 Å². The van der Waals surface area contributed by atoms with Crippen LogP contribution in [0.25, 0.3) is 11.3 Å². The molecule has 4 heterocycles. The summed E-state index contributed by atoms with van der Waals surface area (Å²) in [7, 11) is 0. The van der Waals surface area contributed by atoms with Crippen molar-refractivity contribution < 1.29 is 4.79 Å². The quantitative estimate of drug-likeness (QED) is 0.596. The summed E-state index contributed by atoms with van der Waals surface area (Å²) in [6.45, 7) is 8.99. The van der Waals surface area contributed by atoms with E-state index in [1.807, 2.05) is 41.4 Å². The van der Waals surface area contributed by atoms with Crippen LogP contribution in [0.2, 0.25) is 0 Å². The minimum Gasteiger partial charge on any atom is -0.354 e. The smallest absolute Gasteiger partial charge is 0.227 e. The molecule has 7 heteroatoms. The van der Waals surface area contributed by atoms with Crippen LogP contribution < -0.4 is 9.80 Å². The van der Waals surface area contributed by atoms with Gasteiger partial charge in [-0.05, 0) is 68.1 Å². The molecule has 1 aromatic carbocycles. The van der Waals surface area contributed by atoms with Crippen molar-refractivity contribution in [1.29, 1.82) is 0 Å². The van der Waals surface area contributed by atoms with Crippen molar-refractivity contribution in [1.82, 2.24) is 20.1 Å². The van der Waals surface area contributed by atoms with E-state index in [2.05, 4.69) is 57.0 Å². The Morgan fingerprint density at radius 3 is 2.41 bits per heavy atom. The average Bonchev–Trinajstić information content (AvgIpc) is 2.90. The molecule has 7 nitrogen and oxygen atoms in total. The SMILES string of the molecule is Cc1ccc(-c2ccc(N3CCC[C@@H](C(=O)N4CCN(c5ccccn5)CC4)C3)nn2)cc1C. The minimum atomic E-state index is 0.0105. The molecular weight excluding hydrogens is 424 g/mol. The summed E-state index contributed by atoms with van der Waals surface area (Å²) in [6, 6.07) is 16.4. The highest BCUT2D eigenvalue weighted by atomic mass is 16.2. The van der Waals surface area contributed by atoms with Crippen LogP contribution in [0.3, 0.4) is 0 Å². The number of carbonyl (C=O) groups excluding carboxylic acids is 1. The number of aromatic nitrogens is 3. The van der Waals surface area contributed by atoms with E-state index >= 15 is 0 Å². The molecule has 3 aromatic rings. The summed E-state index contributed by atoms with van der Waals surface area (Å²) in [4.78, 5) is 24.2. The van der Waals surface area contributed by atoms with Crippen LogP contribution in [0, 0.1) is 19.8 Å². The summed E-state index contributed by atoms with van der Waals surface area (Å²) in [5, 5.41) is 9.01. The second-order valence-corrected chi connectivity index (χ2v) is 9.36. The largest absolute Gasteiger partial charge is 0.354 e. The molecule has 0 aliphatic carbocycles. The van der Waals surface area contributed by atoms with Gasteiger partial charge in [0, 0.05) is 51.0 Å². The zero-order chi connectivity index (χ0) is 23.5. The Balaban J connectivity index is 1.20. The maximum Gasteiger partial charge on any atom is 0.227 e. The predicted molar refractivity (Wildman–Crippen MR) is 135 cm³/mol. The van der Waals surface area contributed by atoms with Gasteiger partial charge in [0.15, 0.2) is 5.82 Å². The van der Waals surface area contributed by atoms with Crippen LogP contribution in [0.4, 0.5) is 11.6 Å². The molecule has 2 aromatic heterocycles. The molecule has 0 bridgehead atoms. The molecular formula is C27H32N6O. The van der Waals surface area contributed by atoms with E-state index < -0.39 is 0 Å². The van der Waals surface area contributed by atoms with E-state index in [0.29, 0.717) is 6.54 Å². The topological polar surface area (TPSA) is 65.5 Å². The lowest BCUT2D eigenvalue weighted by molar-refractivity contribution is -0.136. The molecule has 1 atom stereocenters. The van der Waals surface area contributed by atoms with Gasteiger partial charge in [0.05, 0.1) is 11.6 Å². The average molecular weight is 457 g/mol. The molecule has 5 rings (SSSR count). The summed E-state index contributed by atoms with van der Waals surface area (Å²) < 4.78 is 0. The van der Waals surface area contributed by atoms with Crippen molar-refractivity contribution in [2.24, 2.45) is 5.92 Å². The van der Waals surface area contributed by atoms with Gasteiger partial charge in [0.1, 0.15) is 5.82 Å². The first-order valence-corrected chi connectivity index (χ1v) is 12.2. The number of piperazine rings is 1. The van der Waals surface area contributed by atoms with Gasteiger partial charge in [-0.15, -0.1) is 10.2 Å². The van der Waals surface area contributed by atoms with E-state index in [-0.39, 0.29) is 11.8 Å². The van der Waals surface area contributed by atoms with Crippen molar-refractivity contribution in [2.75, 3.05) is 49.1 Å². The van der Waals surface area contributed by atoms with Crippen LogP contribution in [-0.4, -0.2) is 65.3 Å². The number of amides is 1. The van der Waals surface area contributed by atoms with Gasteiger partial charge in [-0.1, -0.05) is 18.2 Å². The highest BCUT2D eigenvalue weighted by Crippen LogP contribution is 2.26. The molecule has 2 saturated heterocycles. The molecule has 1 amide bonds. The number of hydrogen-bond acceptors (Lipinski definition) is 6. The summed E-state index contributed by atoms with van der Waals surface area (Å²) in [5.41, 5.74) is 4.48. The van der Waals surface area contributed by atoms with Crippen LogP contribution in [0.5, 0.6) is 0 Å². The third-order valence-corrected chi connectivity index (χ3v) is 7.11. The first-order valence-electron chi connectivity index (χ1n) is 12.2. The fourth-order valence-electron chi connectivity index (χ4n) is 4.89. The van der Waals surface area contributed by atoms with Crippen LogP contribution >= 0.6 is 0 Å². The second kappa shape index (κ2) is 9.79. The normalized spacial score (nSPS) is 18.8. The number of carbonyl (C=O) groups is 1. The Bertz CT molecular complexity index is 1130. The van der Waals surface area contributed by atoms with Gasteiger partial charge in [-0.2, -0.15) is 0 Å². The van der Waals surface area contributed by atoms with Crippen molar-refractivity contribution in [2.45, 2.75) is 26.7 Å². The monoisotopic (exact) mass is 456 g/mol. The van der Waals surface area contributed by atoms with E-state index in [1.54, 1.807) is 0 Å². The minimum absolute atomic E-state index is 0.0105. The lowest BCUT2D eigenvalue weighted by Crippen LogP contribution is -2.52. The molecule has 176 valence electrons. The zero-order valence-corrected chi connectivity index (χ0v) is 20.0. The van der Waals surface area contributed by atoms with E-state index in [1.165, 1.54) is 11.1 Å². The van der Waals surface area contributed by atoms with Gasteiger partial charge in [-0.25, -0.2) is 4.98 Å². The first-order chi connectivity index (χ1) is 16.6. The van der Waals surface area contributed by atoms with Crippen LogP contribution in [0.1, 0.15) is 24.0 Å². The molecule has 0 N–H and O–H groups in total. The highest BCUT2D eigenvalue weighted by Gasteiger charge is 2.31. The Labute approximate surface area is 201 Å². The molecule has 0 radical (unpaired) electrons. The fraction of sp³-hybridized carbons (Fsp3) is 0.407. The summed E-state index contributed by atoms with van der Waals surface area (Å²) in [6.07, 6.45) is 3.75. The lowest BCUT2D eigenvalue weighted by atomic mass is 9.96. The third kappa shape index (κ3) is 4.74. The standard InChI is InChI=1S/C27H32N6O/c1-20-8-9-22(18-21(20)2)24-10-11-26(30-29-24)33-13-5-6-23(19-33)27(34)32-16-14-31(15-17-32)25-7-3-4-12-28-25/h3-4,7-12,18,23H,5-6,13-17,19H2,1-2H3/t23-/m1/s1. The Hall–Kier alpha value is -3.48. The fourth-order valence-corrected chi connectivity index (χ4v) is 4.89. The molecule has 0 unspecified atom stereocenters. The number of anilines is 2. The van der Waals surface area contributed by atoms with Crippen molar-refractivity contribution in [3.63, 3.8) is 0 Å². The molecule has 0 spiro atoms. The maximum atomic E-state index is 13.3. The Morgan fingerprint density at radius 1 is 0.853 bits per heavy atom. The third-order valence-electron chi connectivity index (χ3n) is 7.11. The second-order valence-electron chi connectivity index (χ2n) is 9.36. The zero-order valence-electron chi connectivity index (χ0n) is 20.0. The number of piperidine rings is 1. The number of aryl methyl sites for hydroxylation is 2. The van der Waals surface area contributed by atoms with Crippen LogP contribution in [0.15, 0.2) is 54.7 Å². The number of hydrogen-bond donors (Lipinski definition) is 0. The van der Waals surface area contributed by atoms with Crippen molar-refractivity contribution >= 4 is 17.5 Å². The number of benzene rings is 1. The molecule has 2 fully saturated rings. The van der Waals surface area contributed by atoms with E-state index in [9.17, 15) is 4.79 Å².